The van der Waals surface area contributed by atoms with Crippen molar-refractivity contribution in [3.63, 3.8) is 0 Å². The largest absolute Gasteiger partial charge is 0.396 e. The van der Waals surface area contributed by atoms with E-state index < -0.39 is 5.82 Å². The Bertz CT molecular complexity index is 601. The Labute approximate surface area is 108 Å². The molecule has 18 heavy (non-hydrogen) atoms. The lowest BCUT2D eigenvalue weighted by Crippen LogP contribution is -2.12. The van der Waals surface area contributed by atoms with Gasteiger partial charge in [-0.25, -0.2) is 4.39 Å². The molecule has 2 aromatic rings. The number of halogens is 2. The number of anilines is 2. The summed E-state index contributed by atoms with van der Waals surface area (Å²) >= 11 is 5.80. The number of hydrogen-bond acceptors (Lipinski definition) is 2. The fourth-order valence-electron chi connectivity index (χ4n) is 1.45. The number of amides is 1. The van der Waals surface area contributed by atoms with Crippen LogP contribution >= 0.6 is 11.6 Å². The Balaban J connectivity index is 2.19. The molecule has 92 valence electrons. The third kappa shape index (κ3) is 2.78. The van der Waals surface area contributed by atoms with Crippen LogP contribution in [0.1, 0.15) is 10.4 Å². The first-order valence-corrected chi connectivity index (χ1v) is 5.56. The fourth-order valence-corrected chi connectivity index (χ4v) is 1.64. The smallest absolute Gasteiger partial charge is 0.255 e. The average molecular weight is 265 g/mol. The number of nitrogens with two attached hydrogens (primary N) is 1. The summed E-state index contributed by atoms with van der Waals surface area (Å²) in [6.07, 6.45) is 0. The summed E-state index contributed by atoms with van der Waals surface area (Å²) in [5, 5.41) is 3.16. The van der Waals surface area contributed by atoms with Gasteiger partial charge in [0.1, 0.15) is 5.82 Å². The van der Waals surface area contributed by atoms with E-state index in [9.17, 15) is 9.18 Å². The Morgan fingerprint density at radius 2 is 2.00 bits per heavy atom. The van der Waals surface area contributed by atoms with E-state index >= 15 is 0 Å². The lowest BCUT2D eigenvalue weighted by molar-refractivity contribution is 0.102. The van der Waals surface area contributed by atoms with Crippen LogP contribution in [0.4, 0.5) is 15.8 Å². The van der Waals surface area contributed by atoms with Crippen molar-refractivity contribution in [3.8, 4) is 0 Å². The van der Waals surface area contributed by atoms with Gasteiger partial charge in [-0.15, -0.1) is 0 Å². The SMILES string of the molecule is Nc1cc(C(=O)Nc2cccc(Cl)c2)ccc1F. The van der Waals surface area contributed by atoms with Crippen molar-refractivity contribution in [1.29, 1.82) is 0 Å². The molecule has 0 bridgehead atoms. The molecule has 3 N–H and O–H groups in total. The first kappa shape index (κ1) is 12.4. The molecule has 0 unspecified atom stereocenters. The van der Waals surface area contributed by atoms with E-state index in [0.29, 0.717) is 10.7 Å². The number of hydrogen-bond donors (Lipinski definition) is 2. The highest BCUT2D eigenvalue weighted by molar-refractivity contribution is 6.30. The third-order valence-corrected chi connectivity index (χ3v) is 2.58. The van der Waals surface area contributed by atoms with E-state index in [1.54, 1.807) is 24.3 Å². The summed E-state index contributed by atoms with van der Waals surface area (Å²) in [5.41, 5.74) is 6.19. The van der Waals surface area contributed by atoms with E-state index in [1.165, 1.54) is 12.1 Å². The second-order valence-corrected chi connectivity index (χ2v) is 4.14. The minimum absolute atomic E-state index is 0.0613. The molecule has 0 atom stereocenters. The molecule has 0 fully saturated rings. The molecule has 1 amide bonds. The standard InChI is InChI=1S/C13H10ClFN2O/c14-9-2-1-3-10(7-9)17-13(18)8-4-5-11(15)12(16)6-8/h1-7H,16H2,(H,17,18). The Hall–Kier alpha value is -2.07. The van der Waals surface area contributed by atoms with Crippen LogP contribution in [0.2, 0.25) is 5.02 Å². The van der Waals surface area contributed by atoms with Crippen LogP contribution in [0.5, 0.6) is 0 Å². The van der Waals surface area contributed by atoms with Crippen LogP contribution in [0.25, 0.3) is 0 Å². The molecule has 0 aliphatic carbocycles. The molecule has 0 saturated carbocycles. The predicted octanol–water partition coefficient (Wildman–Crippen LogP) is 3.31. The Morgan fingerprint density at radius 3 is 2.67 bits per heavy atom. The topological polar surface area (TPSA) is 55.1 Å². The van der Waals surface area contributed by atoms with Gasteiger partial charge in [-0.2, -0.15) is 0 Å². The molecule has 0 heterocycles. The van der Waals surface area contributed by atoms with Crippen molar-refractivity contribution < 1.29 is 9.18 Å². The number of carbonyl (C=O) groups excluding carboxylic acids is 1. The maximum atomic E-state index is 13.0. The van der Waals surface area contributed by atoms with Crippen molar-refractivity contribution in [2.24, 2.45) is 0 Å². The number of nitrogens with one attached hydrogen (secondary N) is 1. The maximum Gasteiger partial charge on any atom is 0.255 e. The van der Waals surface area contributed by atoms with E-state index in [2.05, 4.69) is 5.32 Å². The van der Waals surface area contributed by atoms with Crippen LogP contribution in [0, 0.1) is 5.82 Å². The summed E-state index contributed by atoms with van der Waals surface area (Å²) in [5.74, 6) is -0.918. The lowest BCUT2D eigenvalue weighted by atomic mass is 10.2. The zero-order valence-electron chi connectivity index (χ0n) is 9.28. The van der Waals surface area contributed by atoms with Crippen LogP contribution in [0.3, 0.4) is 0 Å². The van der Waals surface area contributed by atoms with Gasteiger partial charge in [-0.05, 0) is 36.4 Å². The molecule has 0 aliphatic rings. The van der Waals surface area contributed by atoms with Gasteiger partial charge in [0.15, 0.2) is 0 Å². The molecule has 0 radical (unpaired) electrons. The second-order valence-electron chi connectivity index (χ2n) is 3.70. The zero-order chi connectivity index (χ0) is 13.1. The number of benzene rings is 2. The van der Waals surface area contributed by atoms with Crippen molar-refractivity contribution in [3.05, 3.63) is 58.9 Å². The van der Waals surface area contributed by atoms with Gasteiger partial charge in [0, 0.05) is 16.3 Å². The quantitative estimate of drug-likeness (QED) is 0.818. The molecule has 0 aliphatic heterocycles. The highest BCUT2D eigenvalue weighted by Gasteiger charge is 2.08. The van der Waals surface area contributed by atoms with Crippen molar-refractivity contribution in [2.75, 3.05) is 11.1 Å². The number of nitrogen functional groups attached to an aromatic ring is 1. The molecule has 2 aromatic carbocycles. The third-order valence-electron chi connectivity index (χ3n) is 2.34. The van der Waals surface area contributed by atoms with Gasteiger partial charge >= 0.3 is 0 Å². The molecule has 0 aromatic heterocycles. The van der Waals surface area contributed by atoms with Crippen LogP contribution < -0.4 is 11.1 Å². The monoisotopic (exact) mass is 264 g/mol. The molecular weight excluding hydrogens is 255 g/mol. The summed E-state index contributed by atoms with van der Waals surface area (Å²) < 4.78 is 13.0. The highest BCUT2D eigenvalue weighted by Crippen LogP contribution is 2.17. The Kier molecular flexibility index (Phi) is 3.48. The molecule has 0 spiro atoms. The number of rotatable bonds is 2. The van der Waals surface area contributed by atoms with Crippen molar-refractivity contribution in [2.45, 2.75) is 0 Å². The second kappa shape index (κ2) is 5.06. The maximum absolute atomic E-state index is 13.0. The summed E-state index contributed by atoms with van der Waals surface area (Å²) in [7, 11) is 0. The summed E-state index contributed by atoms with van der Waals surface area (Å²) in [4.78, 5) is 11.9. The van der Waals surface area contributed by atoms with Gasteiger partial charge in [0.05, 0.1) is 5.69 Å². The van der Waals surface area contributed by atoms with Gasteiger partial charge in [-0.3, -0.25) is 4.79 Å². The Morgan fingerprint density at radius 1 is 1.22 bits per heavy atom. The number of carbonyl (C=O) groups is 1. The van der Waals surface area contributed by atoms with Crippen LogP contribution in [-0.4, -0.2) is 5.91 Å². The first-order valence-electron chi connectivity index (χ1n) is 5.18. The van der Waals surface area contributed by atoms with Gasteiger partial charge in [-0.1, -0.05) is 17.7 Å². The van der Waals surface area contributed by atoms with Gasteiger partial charge in [0.2, 0.25) is 0 Å². The average Bonchev–Trinajstić information content (AvgIpc) is 2.32. The summed E-state index contributed by atoms with van der Waals surface area (Å²) in [6, 6.07) is 10.6. The molecule has 0 saturated heterocycles. The van der Waals surface area contributed by atoms with Crippen LogP contribution in [0.15, 0.2) is 42.5 Å². The van der Waals surface area contributed by atoms with E-state index in [1.807, 2.05) is 0 Å². The molecule has 2 rings (SSSR count). The molecule has 3 nitrogen and oxygen atoms in total. The highest BCUT2D eigenvalue weighted by atomic mass is 35.5. The van der Waals surface area contributed by atoms with E-state index in [-0.39, 0.29) is 17.2 Å². The molecule has 5 heteroatoms. The van der Waals surface area contributed by atoms with Crippen molar-refractivity contribution in [1.82, 2.24) is 0 Å². The normalized spacial score (nSPS) is 10.1. The lowest BCUT2D eigenvalue weighted by Gasteiger charge is -2.06. The van der Waals surface area contributed by atoms with Gasteiger partial charge < -0.3 is 11.1 Å². The van der Waals surface area contributed by atoms with E-state index in [0.717, 1.165) is 6.07 Å². The summed E-state index contributed by atoms with van der Waals surface area (Å²) in [6.45, 7) is 0. The minimum atomic E-state index is -0.547. The zero-order valence-corrected chi connectivity index (χ0v) is 10.0. The van der Waals surface area contributed by atoms with E-state index in [4.69, 9.17) is 17.3 Å². The van der Waals surface area contributed by atoms with Gasteiger partial charge in [0.25, 0.3) is 5.91 Å². The first-order chi connectivity index (χ1) is 8.56. The molecular formula is C13H10ClFN2O. The minimum Gasteiger partial charge on any atom is -0.396 e. The fraction of sp³-hybridized carbons (Fsp3) is 0. The predicted molar refractivity (Wildman–Crippen MR) is 70.2 cm³/mol. The van der Waals surface area contributed by atoms with Crippen LogP contribution in [-0.2, 0) is 0 Å². The van der Waals surface area contributed by atoms with Crippen molar-refractivity contribution >= 4 is 28.9 Å².